The SMILES string of the molecule is CCNC(=NCc1ccc(C)cc1C)NCCNS(C)(=O)=O.I. The van der Waals surface area contributed by atoms with Gasteiger partial charge in [0.15, 0.2) is 5.96 Å². The summed E-state index contributed by atoms with van der Waals surface area (Å²) in [4.78, 5) is 4.53. The van der Waals surface area contributed by atoms with Crippen LogP contribution in [0.2, 0.25) is 0 Å². The molecule has 0 amide bonds. The molecule has 0 unspecified atom stereocenters. The van der Waals surface area contributed by atoms with Gasteiger partial charge in [0.25, 0.3) is 0 Å². The fourth-order valence-corrected chi connectivity index (χ4v) is 2.42. The zero-order valence-corrected chi connectivity index (χ0v) is 17.3. The highest BCUT2D eigenvalue weighted by Gasteiger charge is 2.02. The lowest BCUT2D eigenvalue weighted by molar-refractivity contribution is 0.586. The van der Waals surface area contributed by atoms with Crippen molar-refractivity contribution in [3.8, 4) is 0 Å². The van der Waals surface area contributed by atoms with E-state index in [4.69, 9.17) is 0 Å². The molecule has 0 radical (unpaired) electrons. The van der Waals surface area contributed by atoms with Crippen LogP contribution in [0.5, 0.6) is 0 Å². The monoisotopic (exact) mass is 454 g/mol. The van der Waals surface area contributed by atoms with Crippen molar-refractivity contribution < 1.29 is 8.42 Å². The minimum absolute atomic E-state index is 0. The third-order valence-electron chi connectivity index (χ3n) is 3.03. The maximum atomic E-state index is 11.0. The first kappa shape index (κ1) is 22.1. The Labute approximate surface area is 156 Å². The van der Waals surface area contributed by atoms with Gasteiger partial charge in [-0.15, -0.1) is 24.0 Å². The van der Waals surface area contributed by atoms with Crippen LogP contribution < -0.4 is 15.4 Å². The maximum absolute atomic E-state index is 11.0. The van der Waals surface area contributed by atoms with Gasteiger partial charge in [-0.1, -0.05) is 23.8 Å². The molecule has 1 rings (SSSR count). The van der Waals surface area contributed by atoms with Gasteiger partial charge in [0.05, 0.1) is 12.8 Å². The third kappa shape index (κ3) is 9.77. The lowest BCUT2D eigenvalue weighted by atomic mass is 10.1. The molecular formula is C15H27IN4O2S. The molecule has 0 heterocycles. The van der Waals surface area contributed by atoms with Gasteiger partial charge in [-0.3, -0.25) is 0 Å². The average molecular weight is 454 g/mol. The molecule has 0 fully saturated rings. The van der Waals surface area contributed by atoms with Gasteiger partial charge >= 0.3 is 0 Å². The third-order valence-corrected chi connectivity index (χ3v) is 3.76. The zero-order chi connectivity index (χ0) is 16.6. The molecule has 0 aliphatic carbocycles. The van der Waals surface area contributed by atoms with E-state index in [1.165, 1.54) is 16.7 Å². The predicted octanol–water partition coefficient (Wildman–Crippen LogP) is 1.53. The van der Waals surface area contributed by atoms with E-state index >= 15 is 0 Å². The summed E-state index contributed by atoms with van der Waals surface area (Å²) in [5.74, 6) is 0.678. The molecule has 0 aliphatic heterocycles. The first-order valence-corrected chi connectivity index (χ1v) is 9.24. The summed E-state index contributed by atoms with van der Waals surface area (Å²) >= 11 is 0. The average Bonchev–Trinajstić information content (AvgIpc) is 2.41. The Morgan fingerprint density at radius 3 is 2.43 bits per heavy atom. The van der Waals surface area contributed by atoms with E-state index in [1.54, 1.807) is 0 Å². The Morgan fingerprint density at radius 1 is 1.17 bits per heavy atom. The number of hydrogen-bond donors (Lipinski definition) is 3. The molecule has 0 atom stereocenters. The van der Waals surface area contributed by atoms with E-state index in [-0.39, 0.29) is 24.0 Å². The Kier molecular flexibility index (Phi) is 10.4. The highest BCUT2D eigenvalue weighted by molar-refractivity contribution is 14.0. The molecule has 0 aromatic heterocycles. The summed E-state index contributed by atoms with van der Waals surface area (Å²) in [6.45, 7) is 8.27. The van der Waals surface area contributed by atoms with Crippen LogP contribution in [-0.4, -0.2) is 40.3 Å². The minimum atomic E-state index is -3.15. The van der Waals surface area contributed by atoms with Gasteiger partial charge < -0.3 is 10.6 Å². The molecule has 23 heavy (non-hydrogen) atoms. The first-order chi connectivity index (χ1) is 10.3. The molecule has 0 aliphatic rings. The van der Waals surface area contributed by atoms with Crippen LogP contribution in [0.15, 0.2) is 23.2 Å². The summed E-state index contributed by atoms with van der Waals surface area (Å²) in [5.41, 5.74) is 3.64. The van der Waals surface area contributed by atoms with Crippen molar-refractivity contribution in [2.24, 2.45) is 4.99 Å². The molecular weight excluding hydrogens is 427 g/mol. The van der Waals surface area contributed by atoms with Crippen LogP contribution >= 0.6 is 24.0 Å². The number of sulfonamides is 1. The van der Waals surface area contributed by atoms with E-state index in [0.29, 0.717) is 25.6 Å². The van der Waals surface area contributed by atoms with E-state index in [1.807, 2.05) is 6.92 Å². The number of rotatable bonds is 7. The molecule has 0 saturated heterocycles. The van der Waals surface area contributed by atoms with Crippen LogP contribution in [0.3, 0.4) is 0 Å². The van der Waals surface area contributed by atoms with Crippen LogP contribution in [0.25, 0.3) is 0 Å². The number of halogens is 1. The molecule has 1 aromatic carbocycles. The van der Waals surface area contributed by atoms with Crippen LogP contribution in [0.1, 0.15) is 23.6 Å². The molecule has 8 heteroatoms. The van der Waals surface area contributed by atoms with E-state index in [2.05, 4.69) is 52.4 Å². The van der Waals surface area contributed by atoms with Crippen molar-refractivity contribution in [2.75, 3.05) is 25.9 Å². The predicted molar refractivity (Wildman–Crippen MR) is 107 cm³/mol. The van der Waals surface area contributed by atoms with Crippen molar-refractivity contribution in [3.63, 3.8) is 0 Å². The fraction of sp³-hybridized carbons (Fsp3) is 0.533. The summed E-state index contributed by atoms with van der Waals surface area (Å²) in [6.07, 6.45) is 1.15. The molecule has 1 aromatic rings. The van der Waals surface area contributed by atoms with Crippen molar-refractivity contribution >= 4 is 40.0 Å². The second kappa shape index (κ2) is 10.8. The number of aryl methyl sites for hydroxylation is 2. The van der Waals surface area contributed by atoms with Gasteiger partial charge in [-0.2, -0.15) is 0 Å². The lowest BCUT2D eigenvalue weighted by Crippen LogP contribution is -2.41. The number of nitrogens with one attached hydrogen (secondary N) is 3. The number of nitrogens with zero attached hydrogens (tertiary/aromatic N) is 1. The Balaban J connectivity index is 0.00000484. The van der Waals surface area contributed by atoms with E-state index in [0.717, 1.165) is 12.8 Å². The molecule has 3 N–H and O–H groups in total. The number of hydrogen-bond acceptors (Lipinski definition) is 3. The standard InChI is InChI=1S/C15H26N4O2S.HI/c1-5-16-15(17-8-9-19-22(4,20)21)18-11-14-7-6-12(2)10-13(14)3;/h6-7,10,19H,5,8-9,11H2,1-4H3,(H2,16,17,18);1H. The second-order valence-corrected chi connectivity index (χ2v) is 7.05. The van der Waals surface area contributed by atoms with Crippen molar-refractivity contribution in [1.29, 1.82) is 0 Å². The molecule has 132 valence electrons. The summed E-state index contributed by atoms with van der Waals surface area (Å²) in [5, 5.41) is 6.25. The maximum Gasteiger partial charge on any atom is 0.208 e. The zero-order valence-electron chi connectivity index (χ0n) is 14.1. The summed E-state index contributed by atoms with van der Waals surface area (Å²) in [7, 11) is -3.15. The highest BCUT2D eigenvalue weighted by atomic mass is 127. The molecule has 0 bridgehead atoms. The Hall–Kier alpha value is -0.870. The fourth-order valence-electron chi connectivity index (χ4n) is 1.95. The Morgan fingerprint density at radius 2 is 1.87 bits per heavy atom. The van der Waals surface area contributed by atoms with Crippen molar-refractivity contribution in [1.82, 2.24) is 15.4 Å². The molecule has 6 nitrogen and oxygen atoms in total. The number of benzene rings is 1. The smallest absolute Gasteiger partial charge is 0.208 e. The Bertz CT molecular complexity index is 618. The van der Waals surface area contributed by atoms with Crippen molar-refractivity contribution in [2.45, 2.75) is 27.3 Å². The lowest BCUT2D eigenvalue weighted by Gasteiger charge is -2.12. The van der Waals surface area contributed by atoms with E-state index in [9.17, 15) is 8.42 Å². The van der Waals surface area contributed by atoms with Gasteiger partial charge in [0.2, 0.25) is 10.0 Å². The topological polar surface area (TPSA) is 82.6 Å². The highest BCUT2D eigenvalue weighted by Crippen LogP contribution is 2.11. The van der Waals surface area contributed by atoms with Crippen LogP contribution in [0.4, 0.5) is 0 Å². The molecule has 0 saturated carbocycles. The van der Waals surface area contributed by atoms with Gasteiger partial charge in [-0.05, 0) is 31.9 Å². The van der Waals surface area contributed by atoms with Crippen LogP contribution in [-0.2, 0) is 16.6 Å². The summed E-state index contributed by atoms with van der Waals surface area (Å²) < 4.78 is 24.4. The molecule has 0 spiro atoms. The summed E-state index contributed by atoms with van der Waals surface area (Å²) in [6, 6.07) is 6.30. The quantitative estimate of drug-likeness (QED) is 0.253. The minimum Gasteiger partial charge on any atom is -0.357 e. The van der Waals surface area contributed by atoms with Gasteiger partial charge in [-0.25, -0.2) is 18.1 Å². The van der Waals surface area contributed by atoms with Crippen LogP contribution in [0, 0.1) is 13.8 Å². The first-order valence-electron chi connectivity index (χ1n) is 7.34. The number of guanidine groups is 1. The van der Waals surface area contributed by atoms with Gasteiger partial charge in [0.1, 0.15) is 0 Å². The normalized spacial score (nSPS) is 11.7. The van der Waals surface area contributed by atoms with E-state index < -0.39 is 10.0 Å². The number of aliphatic imine (C=N–C) groups is 1. The van der Waals surface area contributed by atoms with Gasteiger partial charge in [0, 0.05) is 19.6 Å². The largest absolute Gasteiger partial charge is 0.357 e. The van der Waals surface area contributed by atoms with Crippen molar-refractivity contribution in [3.05, 3.63) is 34.9 Å². The second-order valence-electron chi connectivity index (χ2n) is 5.22.